The van der Waals surface area contributed by atoms with E-state index in [1.54, 1.807) is 12.1 Å². The van der Waals surface area contributed by atoms with Crippen LogP contribution in [0.25, 0.3) is 0 Å². The first-order chi connectivity index (χ1) is 7.58. The molecule has 0 aliphatic rings. The van der Waals surface area contributed by atoms with Gasteiger partial charge in [-0.05, 0) is 24.6 Å². The number of carbonyl (C=O) groups excluding carboxylic acids is 1. The van der Waals surface area contributed by atoms with Gasteiger partial charge in [-0.15, -0.1) is 0 Å². The average Bonchev–Trinajstić information content (AvgIpc) is 2.29. The summed E-state index contributed by atoms with van der Waals surface area (Å²) >= 11 is 11.5. The number of hydrogen-bond acceptors (Lipinski definition) is 2. The maximum Gasteiger partial charge on any atom is 0.251 e. The molecule has 0 heterocycles. The highest BCUT2D eigenvalue weighted by atomic mass is 35.5. The van der Waals surface area contributed by atoms with Gasteiger partial charge in [0.25, 0.3) is 5.91 Å². The van der Waals surface area contributed by atoms with Gasteiger partial charge >= 0.3 is 0 Å². The van der Waals surface area contributed by atoms with Crippen LogP contribution in [0.3, 0.4) is 0 Å². The van der Waals surface area contributed by atoms with Crippen LogP contribution in [-0.2, 0) is 0 Å². The third-order valence-corrected chi connectivity index (χ3v) is 2.97. The zero-order chi connectivity index (χ0) is 12.1. The minimum absolute atomic E-state index is 0.0798. The van der Waals surface area contributed by atoms with Gasteiger partial charge in [0, 0.05) is 5.56 Å². The van der Waals surface area contributed by atoms with Gasteiger partial charge in [-0.25, -0.2) is 0 Å². The lowest BCUT2D eigenvalue weighted by atomic mass is 10.2. The number of carbonyl (C=O) groups is 1. The number of rotatable bonds is 4. The molecule has 1 amide bonds. The molecule has 0 aromatic heterocycles. The molecule has 0 radical (unpaired) electrons. The van der Waals surface area contributed by atoms with Crippen LogP contribution in [0, 0.1) is 0 Å². The summed E-state index contributed by atoms with van der Waals surface area (Å²) in [6, 6.07) is 4.43. The van der Waals surface area contributed by atoms with Crippen molar-refractivity contribution in [3.05, 3.63) is 33.8 Å². The minimum Gasteiger partial charge on any atom is -0.394 e. The molecule has 0 spiro atoms. The molecule has 0 aliphatic heterocycles. The summed E-state index contributed by atoms with van der Waals surface area (Å²) in [5, 5.41) is 12.4. The average molecular weight is 262 g/mol. The van der Waals surface area contributed by atoms with Crippen LogP contribution in [0.5, 0.6) is 0 Å². The summed E-state index contributed by atoms with van der Waals surface area (Å²) in [6.07, 6.45) is 0.670. The van der Waals surface area contributed by atoms with Crippen molar-refractivity contribution in [2.45, 2.75) is 19.4 Å². The first kappa shape index (κ1) is 13.3. The van der Waals surface area contributed by atoms with E-state index in [2.05, 4.69) is 5.32 Å². The van der Waals surface area contributed by atoms with Crippen LogP contribution in [0.4, 0.5) is 0 Å². The Kier molecular flexibility index (Phi) is 5.06. The summed E-state index contributed by atoms with van der Waals surface area (Å²) in [5.74, 6) is -0.264. The number of nitrogens with one attached hydrogen (secondary N) is 1. The Morgan fingerprint density at radius 2 is 2.12 bits per heavy atom. The van der Waals surface area contributed by atoms with Crippen molar-refractivity contribution in [2.24, 2.45) is 0 Å². The molecule has 5 heteroatoms. The maximum absolute atomic E-state index is 11.7. The number of benzene rings is 1. The van der Waals surface area contributed by atoms with Crippen molar-refractivity contribution in [3.8, 4) is 0 Å². The van der Waals surface area contributed by atoms with E-state index in [9.17, 15) is 4.79 Å². The van der Waals surface area contributed by atoms with Crippen molar-refractivity contribution >= 4 is 29.1 Å². The monoisotopic (exact) mass is 261 g/mol. The Hall–Kier alpha value is -0.770. The van der Waals surface area contributed by atoms with Crippen LogP contribution in [-0.4, -0.2) is 23.7 Å². The summed E-state index contributed by atoms with van der Waals surface area (Å²) in [4.78, 5) is 11.7. The molecule has 88 valence electrons. The fourth-order valence-electron chi connectivity index (χ4n) is 1.18. The molecule has 1 atom stereocenters. The maximum atomic E-state index is 11.7. The second-order valence-electron chi connectivity index (χ2n) is 3.39. The Bertz CT molecular complexity index is 378. The summed E-state index contributed by atoms with van der Waals surface area (Å²) in [6.45, 7) is 1.81. The van der Waals surface area contributed by atoms with Gasteiger partial charge in [0.15, 0.2) is 0 Å². The molecular weight excluding hydrogens is 249 g/mol. The molecule has 1 aromatic rings. The molecule has 0 aliphatic carbocycles. The number of aliphatic hydroxyl groups is 1. The molecule has 1 rings (SSSR count). The largest absolute Gasteiger partial charge is 0.394 e. The SMILES string of the molecule is CCC(CO)NC(=O)c1ccc(Cl)c(Cl)c1. The van der Waals surface area contributed by atoms with E-state index in [0.29, 0.717) is 22.0 Å². The Labute approximate surface area is 104 Å². The fourth-order valence-corrected chi connectivity index (χ4v) is 1.48. The van der Waals surface area contributed by atoms with E-state index < -0.39 is 0 Å². The minimum atomic E-state index is -0.264. The van der Waals surface area contributed by atoms with E-state index in [-0.39, 0.29) is 18.6 Å². The highest BCUT2D eigenvalue weighted by Crippen LogP contribution is 2.22. The Balaban J connectivity index is 2.76. The first-order valence-corrected chi connectivity index (χ1v) is 5.70. The van der Waals surface area contributed by atoms with Crippen LogP contribution >= 0.6 is 23.2 Å². The molecule has 0 fully saturated rings. The Morgan fingerprint density at radius 1 is 1.44 bits per heavy atom. The van der Waals surface area contributed by atoms with Gasteiger partial charge in [-0.2, -0.15) is 0 Å². The molecule has 0 saturated heterocycles. The summed E-state index contributed by atoms with van der Waals surface area (Å²) in [7, 11) is 0. The lowest BCUT2D eigenvalue weighted by molar-refractivity contribution is 0.0915. The molecule has 16 heavy (non-hydrogen) atoms. The number of halogens is 2. The number of aliphatic hydroxyl groups excluding tert-OH is 1. The fraction of sp³-hybridized carbons (Fsp3) is 0.364. The number of hydrogen-bond donors (Lipinski definition) is 2. The molecular formula is C11H13Cl2NO2. The van der Waals surface area contributed by atoms with Gasteiger partial charge in [0.2, 0.25) is 0 Å². The topological polar surface area (TPSA) is 49.3 Å². The second kappa shape index (κ2) is 6.09. The lowest BCUT2D eigenvalue weighted by Crippen LogP contribution is -2.36. The normalized spacial score (nSPS) is 12.2. The van der Waals surface area contributed by atoms with Gasteiger partial charge in [-0.3, -0.25) is 4.79 Å². The predicted octanol–water partition coefficient (Wildman–Crippen LogP) is 2.49. The highest BCUT2D eigenvalue weighted by molar-refractivity contribution is 6.42. The Morgan fingerprint density at radius 3 is 2.62 bits per heavy atom. The third-order valence-electron chi connectivity index (χ3n) is 2.23. The van der Waals surface area contributed by atoms with Crippen molar-refractivity contribution in [1.29, 1.82) is 0 Å². The van der Waals surface area contributed by atoms with Crippen LogP contribution in [0.2, 0.25) is 10.0 Å². The molecule has 2 N–H and O–H groups in total. The zero-order valence-corrected chi connectivity index (χ0v) is 10.3. The van der Waals surface area contributed by atoms with Crippen molar-refractivity contribution in [1.82, 2.24) is 5.32 Å². The van der Waals surface area contributed by atoms with E-state index in [4.69, 9.17) is 28.3 Å². The predicted molar refractivity (Wildman–Crippen MR) is 65.1 cm³/mol. The first-order valence-electron chi connectivity index (χ1n) is 4.95. The van der Waals surface area contributed by atoms with Crippen molar-refractivity contribution in [3.63, 3.8) is 0 Å². The van der Waals surface area contributed by atoms with E-state index in [0.717, 1.165) is 0 Å². The lowest BCUT2D eigenvalue weighted by Gasteiger charge is -2.14. The van der Waals surface area contributed by atoms with E-state index >= 15 is 0 Å². The zero-order valence-electron chi connectivity index (χ0n) is 8.84. The van der Waals surface area contributed by atoms with Crippen molar-refractivity contribution in [2.75, 3.05) is 6.61 Å². The van der Waals surface area contributed by atoms with Gasteiger partial charge < -0.3 is 10.4 Å². The molecule has 0 saturated carbocycles. The molecule has 0 bridgehead atoms. The molecule has 1 aromatic carbocycles. The van der Waals surface area contributed by atoms with Crippen LogP contribution in [0.1, 0.15) is 23.7 Å². The molecule has 3 nitrogen and oxygen atoms in total. The van der Waals surface area contributed by atoms with E-state index in [1.165, 1.54) is 6.07 Å². The van der Waals surface area contributed by atoms with Crippen molar-refractivity contribution < 1.29 is 9.90 Å². The van der Waals surface area contributed by atoms with E-state index in [1.807, 2.05) is 6.92 Å². The van der Waals surface area contributed by atoms with Crippen LogP contribution in [0.15, 0.2) is 18.2 Å². The molecule has 1 unspecified atom stereocenters. The third kappa shape index (κ3) is 3.37. The van der Waals surface area contributed by atoms with Gasteiger partial charge in [0.1, 0.15) is 0 Å². The standard InChI is InChI=1S/C11H13Cl2NO2/c1-2-8(6-15)14-11(16)7-3-4-9(12)10(13)5-7/h3-5,8,15H,2,6H2,1H3,(H,14,16). The summed E-state index contributed by atoms with van der Waals surface area (Å²) in [5.41, 5.74) is 0.432. The highest BCUT2D eigenvalue weighted by Gasteiger charge is 2.12. The second-order valence-corrected chi connectivity index (χ2v) is 4.20. The van der Waals surface area contributed by atoms with Gasteiger partial charge in [-0.1, -0.05) is 30.1 Å². The summed E-state index contributed by atoms with van der Waals surface area (Å²) < 4.78 is 0. The van der Waals surface area contributed by atoms with Gasteiger partial charge in [0.05, 0.1) is 22.7 Å². The quantitative estimate of drug-likeness (QED) is 0.875. The van der Waals surface area contributed by atoms with Crippen LogP contribution < -0.4 is 5.32 Å². The smallest absolute Gasteiger partial charge is 0.251 e. The number of amides is 1.